The van der Waals surface area contributed by atoms with Crippen molar-refractivity contribution in [2.24, 2.45) is 5.92 Å². The summed E-state index contributed by atoms with van der Waals surface area (Å²) in [6, 6.07) is 10.9. The minimum atomic E-state index is -0.702. The van der Waals surface area contributed by atoms with Gasteiger partial charge in [0.15, 0.2) is 0 Å². The highest BCUT2D eigenvalue weighted by atomic mass is 16.4. The van der Waals surface area contributed by atoms with E-state index in [1.807, 2.05) is 6.07 Å². The van der Waals surface area contributed by atoms with Gasteiger partial charge in [-0.15, -0.1) is 0 Å². The van der Waals surface area contributed by atoms with Crippen LogP contribution in [0.3, 0.4) is 0 Å². The van der Waals surface area contributed by atoms with Crippen LogP contribution >= 0.6 is 0 Å². The van der Waals surface area contributed by atoms with Crippen LogP contribution in [0.4, 0.5) is 5.69 Å². The van der Waals surface area contributed by atoms with Crippen molar-refractivity contribution in [3.05, 3.63) is 30.3 Å². The standard InChI is InChI=1S/C17H25NO2/c1-14(15-8-5-6-9-15)18(13-7-12-17(19)20)16-10-3-2-4-11-16/h2-4,10-11,14-15H,5-9,12-13H2,1H3,(H,19,20). The average molecular weight is 275 g/mol. The first-order chi connectivity index (χ1) is 9.68. The lowest BCUT2D eigenvalue weighted by atomic mass is 9.97. The highest BCUT2D eigenvalue weighted by Crippen LogP contribution is 2.32. The highest BCUT2D eigenvalue weighted by molar-refractivity contribution is 5.66. The molecule has 1 N–H and O–H groups in total. The van der Waals surface area contributed by atoms with E-state index in [4.69, 9.17) is 5.11 Å². The highest BCUT2D eigenvalue weighted by Gasteiger charge is 2.26. The van der Waals surface area contributed by atoms with Gasteiger partial charge in [0.1, 0.15) is 0 Å². The summed E-state index contributed by atoms with van der Waals surface area (Å²) in [5, 5.41) is 8.83. The molecular formula is C17H25NO2. The second-order valence-electron chi connectivity index (χ2n) is 5.81. The Bertz CT molecular complexity index is 412. The summed E-state index contributed by atoms with van der Waals surface area (Å²) in [6.07, 6.45) is 6.26. The van der Waals surface area contributed by atoms with Gasteiger partial charge >= 0.3 is 5.97 Å². The molecule has 1 aromatic carbocycles. The molecule has 3 nitrogen and oxygen atoms in total. The Kier molecular flexibility index (Phi) is 5.45. The summed E-state index contributed by atoms with van der Waals surface area (Å²) in [7, 11) is 0. The number of aliphatic carboxylic acids is 1. The van der Waals surface area contributed by atoms with E-state index >= 15 is 0 Å². The van der Waals surface area contributed by atoms with Crippen LogP contribution in [-0.4, -0.2) is 23.7 Å². The van der Waals surface area contributed by atoms with Gasteiger partial charge in [0.25, 0.3) is 0 Å². The number of para-hydroxylation sites is 1. The number of anilines is 1. The van der Waals surface area contributed by atoms with Gasteiger partial charge in [0.05, 0.1) is 0 Å². The van der Waals surface area contributed by atoms with Crippen molar-refractivity contribution in [1.82, 2.24) is 0 Å². The first-order valence-electron chi connectivity index (χ1n) is 7.72. The molecule has 20 heavy (non-hydrogen) atoms. The number of hydrogen-bond acceptors (Lipinski definition) is 2. The van der Waals surface area contributed by atoms with E-state index in [-0.39, 0.29) is 6.42 Å². The van der Waals surface area contributed by atoms with Gasteiger partial charge in [-0.05, 0) is 44.2 Å². The average Bonchev–Trinajstić information content (AvgIpc) is 2.98. The summed E-state index contributed by atoms with van der Waals surface area (Å²) in [6.45, 7) is 3.12. The molecule has 0 saturated heterocycles. The van der Waals surface area contributed by atoms with Crippen LogP contribution in [0.5, 0.6) is 0 Å². The van der Waals surface area contributed by atoms with Gasteiger partial charge in [-0.2, -0.15) is 0 Å². The molecule has 3 heteroatoms. The fourth-order valence-electron chi connectivity index (χ4n) is 3.28. The number of carboxylic acid groups (broad SMARTS) is 1. The minimum Gasteiger partial charge on any atom is -0.481 e. The third-order valence-corrected chi connectivity index (χ3v) is 4.45. The minimum absolute atomic E-state index is 0.251. The van der Waals surface area contributed by atoms with Crippen molar-refractivity contribution in [3.8, 4) is 0 Å². The molecule has 1 atom stereocenters. The molecule has 1 aliphatic carbocycles. The molecular weight excluding hydrogens is 250 g/mol. The first-order valence-corrected chi connectivity index (χ1v) is 7.72. The third-order valence-electron chi connectivity index (χ3n) is 4.45. The van der Waals surface area contributed by atoms with Crippen LogP contribution in [0.25, 0.3) is 0 Å². The van der Waals surface area contributed by atoms with Crippen molar-refractivity contribution < 1.29 is 9.90 Å². The third kappa shape index (κ3) is 3.99. The predicted molar refractivity (Wildman–Crippen MR) is 82.1 cm³/mol. The van der Waals surface area contributed by atoms with Crippen molar-refractivity contribution in [2.75, 3.05) is 11.4 Å². The maximum Gasteiger partial charge on any atom is 0.303 e. The van der Waals surface area contributed by atoms with Crippen LogP contribution in [-0.2, 0) is 4.79 Å². The molecule has 0 aliphatic heterocycles. The van der Waals surface area contributed by atoms with Gasteiger partial charge in [-0.3, -0.25) is 4.79 Å². The summed E-state index contributed by atoms with van der Waals surface area (Å²) < 4.78 is 0. The molecule has 1 saturated carbocycles. The smallest absolute Gasteiger partial charge is 0.303 e. The molecule has 1 aromatic rings. The molecule has 0 heterocycles. The Morgan fingerprint density at radius 1 is 1.30 bits per heavy atom. The summed E-state index contributed by atoms with van der Waals surface area (Å²) in [5.41, 5.74) is 1.22. The number of carboxylic acids is 1. The Labute approximate surface area is 121 Å². The molecule has 1 unspecified atom stereocenters. The quantitative estimate of drug-likeness (QED) is 0.819. The number of rotatable bonds is 7. The van der Waals surface area contributed by atoms with E-state index in [1.165, 1.54) is 31.4 Å². The maximum atomic E-state index is 10.7. The normalized spacial score (nSPS) is 17.1. The zero-order valence-electron chi connectivity index (χ0n) is 12.3. The second kappa shape index (κ2) is 7.32. The summed E-state index contributed by atoms with van der Waals surface area (Å²) in [5.74, 6) is 0.0477. The van der Waals surface area contributed by atoms with E-state index in [2.05, 4.69) is 36.1 Å². The predicted octanol–water partition coefficient (Wildman–Crippen LogP) is 3.94. The maximum absolute atomic E-state index is 10.7. The van der Waals surface area contributed by atoms with Gasteiger partial charge < -0.3 is 10.0 Å². The molecule has 0 radical (unpaired) electrons. The fraction of sp³-hybridized carbons (Fsp3) is 0.588. The Morgan fingerprint density at radius 2 is 1.95 bits per heavy atom. The van der Waals surface area contributed by atoms with Gasteiger partial charge in [-0.25, -0.2) is 0 Å². The van der Waals surface area contributed by atoms with Crippen LogP contribution in [0, 0.1) is 5.92 Å². The molecule has 0 bridgehead atoms. The monoisotopic (exact) mass is 275 g/mol. The van der Waals surface area contributed by atoms with Crippen molar-refractivity contribution in [2.45, 2.75) is 51.5 Å². The van der Waals surface area contributed by atoms with Crippen molar-refractivity contribution >= 4 is 11.7 Å². The molecule has 1 aliphatic rings. The van der Waals surface area contributed by atoms with Crippen LogP contribution in [0.15, 0.2) is 30.3 Å². The summed E-state index contributed by atoms with van der Waals surface area (Å²) >= 11 is 0. The van der Waals surface area contributed by atoms with Gasteiger partial charge in [-0.1, -0.05) is 31.0 Å². The van der Waals surface area contributed by atoms with Crippen molar-refractivity contribution in [3.63, 3.8) is 0 Å². The van der Waals surface area contributed by atoms with Crippen LogP contribution in [0.2, 0.25) is 0 Å². The Hall–Kier alpha value is -1.51. The summed E-state index contributed by atoms with van der Waals surface area (Å²) in [4.78, 5) is 13.1. The molecule has 2 rings (SSSR count). The largest absolute Gasteiger partial charge is 0.481 e. The first kappa shape index (κ1) is 14.9. The zero-order valence-corrected chi connectivity index (χ0v) is 12.3. The van der Waals surface area contributed by atoms with Crippen LogP contribution in [0.1, 0.15) is 45.4 Å². The second-order valence-corrected chi connectivity index (χ2v) is 5.81. The lowest BCUT2D eigenvalue weighted by Gasteiger charge is -2.35. The molecule has 1 fully saturated rings. The number of hydrogen-bond donors (Lipinski definition) is 1. The Balaban J connectivity index is 2.04. The molecule has 0 aromatic heterocycles. The number of carbonyl (C=O) groups is 1. The molecule has 0 spiro atoms. The van der Waals surface area contributed by atoms with E-state index in [9.17, 15) is 4.79 Å². The van der Waals surface area contributed by atoms with E-state index < -0.39 is 5.97 Å². The molecule has 110 valence electrons. The van der Waals surface area contributed by atoms with E-state index in [0.717, 1.165) is 12.5 Å². The Morgan fingerprint density at radius 3 is 2.55 bits per heavy atom. The lowest BCUT2D eigenvalue weighted by Crippen LogP contribution is -2.38. The molecule has 0 amide bonds. The van der Waals surface area contributed by atoms with E-state index in [0.29, 0.717) is 12.5 Å². The van der Waals surface area contributed by atoms with Crippen molar-refractivity contribution in [1.29, 1.82) is 0 Å². The van der Waals surface area contributed by atoms with E-state index in [1.54, 1.807) is 0 Å². The number of benzene rings is 1. The van der Waals surface area contributed by atoms with Crippen LogP contribution < -0.4 is 4.90 Å². The lowest BCUT2D eigenvalue weighted by molar-refractivity contribution is -0.137. The zero-order chi connectivity index (χ0) is 14.4. The fourth-order valence-corrected chi connectivity index (χ4v) is 3.28. The number of nitrogens with zero attached hydrogens (tertiary/aromatic N) is 1. The van der Waals surface area contributed by atoms with Gasteiger partial charge in [0, 0.05) is 24.7 Å². The topological polar surface area (TPSA) is 40.5 Å². The SMILES string of the molecule is CC(C1CCCC1)N(CCCC(=O)O)c1ccccc1. The van der Waals surface area contributed by atoms with Gasteiger partial charge in [0.2, 0.25) is 0 Å².